The molecular formula is C40H25N5. The molecule has 5 aromatic carbocycles. The van der Waals surface area contributed by atoms with Gasteiger partial charge >= 0.3 is 0 Å². The first-order chi connectivity index (χ1) is 22.0. The molecule has 0 N–H and O–H groups in total. The van der Waals surface area contributed by atoms with Gasteiger partial charge in [-0.1, -0.05) is 68.4 Å². The highest BCUT2D eigenvalue weighted by atomic mass is 15.1. The van der Waals surface area contributed by atoms with Gasteiger partial charge in [-0.25, -0.2) is 4.98 Å². The van der Waals surface area contributed by atoms with E-state index in [4.69, 9.17) is 4.98 Å². The summed E-state index contributed by atoms with van der Waals surface area (Å²) >= 11 is 0. The van der Waals surface area contributed by atoms with E-state index in [9.17, 15) is 10.5 Å². The summed E-state index contributed by atoms with van der Waals surface area (Å²) in [6.07, 6.45) is 0. The van der Waals surface area contributed by atoms with Crippen LogP contribution in [0.5, 0.6) is 0 Å². The van der Waals surface area contributed by atoms with Gasteiger partial charge in [0.2, 0.25) is 0 Å². The van der Waals surface area contributed by atoms with Crippen LogP contribution in [-0.2, 0) is 5.41 Å². The molecule has 0 amide bonds. The first kappa shape index (κ1) is 25.3. The third kappa shape index (κ3) is 3.33. The first-order valence-corrected chi connectivity index (χ1v) is 15.0. The number of benzene rings is 5. The fraction of sp³-hybridized carbons (Fsp3) is 0.0750. The minimum Gasteiger partial charge on any atom is -0.294 e. The van der Waals surface area contributed by atoms with Crippen LogP contribution in [0.15, 0.2) is 115 Å². The van der Waals surface area contributed by atoms with Crippen molar-refractivity contribution in [3.8, 4) is 34.9 Å². The smallest absolute Gasteiger partial charge is 0.140 e. The molecule has 0 bridgehead atoms. The quantitative estimate of drug-likeness (QED) is 0.206. The van der Waals surface area contributed by atoms with Crippen molar-refractivity contribution in [1.29, 1.82) is 10.5 Å². The van der Waals surface area contributed by atoms with Crippen LogP contribution < -0.4 is 0 Å². The lowest BCUT2D eigenvalue weighted by Crippen LogP contribution is -2.14. The molecule has 0 spiro atoms. The van der Waals surface area contributed by atoms with Gasteiger partial charge in [0.15, 0.2) is 0 Å². The summed E-state index contributed by atoms with van der Waals surface area (Å²) in [4.78, 5) is 5.31. The van der Waals surface area contributed by atoms with Crippen LogP contribution in [0.25, 0.3) is 66.4 Å². The number of hydrogen-bond donors (Lipinski definition) is 0. The highest BCUT2D eigenvalue weighted by Gasteiger charge is 2.37. The lowest BCUT2D eigenvalue weighted by Gasteiger charge is -2.21. The van der Waals surface area contributed by atoms with E-state index in [0.29, 0.717) is 11.1 Å². The van der Waals surface area contributed by atoms with E-state index in [1.165, 1.54) is 22.1 Å². The zero-order valence-electron chi connectivity index (χ0n) is 24.7. The molecule has 0 saturated carbocycles. The van der Waals surface area contributed by atoms with Crippen LogP contribution in [0.1, 0.15) is 36.1 Å². The number of rotatable bonds is 2. The van der Waals surface area contributed by atoms with E-state index in [1.54, 1.807) is 0 Å². The van der Waals surface area contributed by atoms with Crippen LogP contribution in [-0.4, -0.2) is 14.1 Å². The van der Waals surface area contributed by atoms with Crippen molar-refractivity contribution in [3.05, 3.63) is 138 Å². The molecule has 0 radical (unpaired) electrons. The van der Waals surface area contributed by atoms with E-state index in [-0.39, 0.29) is 5.41 Å². The molecule has 9 rings (SSSR count). The number of nitriles is 2. The molecule has 3 aromatic heterocycles. The van der Waals surface area contributed by atoms with Gasteiger partial charge < -0.3 is 0 Å². The largest absolute Gasteiger partial charge is 0.294 e. The number of hydrogen-bond acceptors (Lipinski definition) is 3. The Balaban J connectivity index is 1.34. The fourth-order valence-electron chi connectivity index (χ4n) is 7.57. The molecule has 3 heterocycles. The molecule has 5 nitrogen and oxygen atoms in total. The van der Waals surface area contributed by atoms with Gasteiger partial charge in [-0.3, -0.25) is 9.13 Å². The zero-order valence-corrected chi connectivity index (χ0v) is 24.7. The van der Waals surface area contributed by atoms with Crippen LogP contribution >= 0.6 is 0 Å². The highest BCUT2D eigenvalue weighted by Crippen LogP contribution is 2.53. The molecule has 0 aliphatic heterocycles. The normalized spacial score (nSPS) is 13.2. The number of pyridine rings is 1. The topological polar surface area (TPSA) is 70.3 Å². The van der Waals surface area contributed by atoms with Crippen LogP contribution in [0, 0.1) is 22.7 Å². The monoisotopic (exact) mass is 575 g/mol. The van der Waals surface area contributed by atoms with E-state index in [1.807, 2.05) is 48.5 Å². The minimum absolute atomic E-state index is 0.184. The Bertz CT molecular complexity index is 2650. The summed E-state index contributed by atoms with van der Waals surface area (Å²) in [6.45, 7) is 4.54. The Hall–Kier alpha value is -6.17. The standard InChI is InChI=1S/C40H25N5/c1-40(2)30-16-14-24(22-41)21-29(30)38-31(40)17-19-35-39(38)27-9-4-6-11-33(27)45(35)37-13-7-12-36(43-37)44-32-10-5-3-8-26(32)28-20-25(23-42)15-18-34(28)44/h3-21H,1-2H3. The van der Waals surface area contributed by atoms with Crippen molar-refractivity contribution in [3.63, 3.8) is 0 Å². The molecule has 0 saturated heterocycles. The van der Waals surface area contributed by atoms with Gasteiger partial charge in [-0.15, -0.1) is 0 Å². The van der Waals surface area contributed by atoms with Crippen LogP contribution in [0.2, 0.25) is 0 Å². The molecule has 0 fully saturated rings. The van der Waals surface area contributed by atoms with E-state index in [0.717, 1.165) is 55.4 Å². The second kappa shape index (κ2) is 8.92. The summed E-state index contributed by atoms with van der Waals surface area (Å²) in [6, 6.07) is 44.0. The lowest BCUT2D eigenvalue weighted by atomic mass is 9.82. The molecule has 8 aromatic rings. The number of fused-ring (bicyclic) bond motifs is 10. The summed E-state index contributed by atoms with van der Waals surface area (Å²) in [7, 11) is 0. The molecule has 0 atom stereocenters. The van der Waals surface area contributed by atoms with E-state index < -0.39 is 0 Å². The Morgan fingerprint density at radius 1 is 0.556 bits per heavy atom. The van der Waals surface area contributed by atoms with Crippen molar-refractivity contribution in [2.75, 3.05) is 0 Å². The van der Waals surface area contributed by atoms with Gasteiger partial charge in [0, 0.05) is 27.0 Å². The molecule has 5 heteroatoms. The van der Waals surface area contributed by atoms with Crippen molar-refractivity contribution < 1.29 is 0 Å². The summed E-state index contributed by atoms with van der Waals surface area (Å²) in [5, 5.41) is 23.8. The summed E-state index contributed by atoms with van der Waals surface area (Å²) in [5.74, 6) is 1.63. The maximum atomic E-state index is 9.77. The minimum atomic E-state index is -0.184. The van der Waals surface area contributed by atoms with Gasteiger partial charge in [-0.2, -0.15) is 10.5 Å². The average molecular weight is 576 g/mol. The Kier molecular flexibility index (Phi) is 5.03. The van der Waals surface area contributed by atoms with Crippen molar-refractivity contribution in [2.45, 2.75) is 19.3 Å². The Morgan fingerprint density at radius 2 is 1.13 bits per heavy atom. The lowest BCUT2D eigenvalue weighted by molar-refractivity contribution is 0.661. The first-order valence-electron chi connectivity index (χ1n) is 15.0. The van der Waals surface area contributed by atoms with E-state index in [2.05, 4.69) is 102 Å². The SMILES string of the molecule is CC1(C)c2ccc(C#N)cc2-c2c1ccc1c2c2ccccc2n1-c1cccc(-n2c3ccccc3c3cc(C#N)ccc32)n1. The average Bonchev–Trinajstić information content (AvgIpc) is 3.67. The predicted octanol–water partition coefficient (Wildman–Crippen LogP) is 9.33. The number of aromatic nitrogens is 3. The van der Waals surface area contributed by atoms with Gasteiger partial charge in [-0.05, 0) is 82.9 Å². The maximum Gasteiger partial charge on any atom is 0.140 e. The molecule has 1 aliphatic rings. The molecule has 1 aliphatic carbocycles. The summed E-state index contributed by atoms with van der Waals surface area (Å²) < 4.78 is 4.44. The second-order valence-electron chi connectivity index (χ2n) is 12.3. The maximum absolute atomic E-state index is 9.77. The number of para-hydroxylation sites is 2. The van der Waals surface area contributed by atoms with Gasteiger partial charge in [0.05, 0.1) is 45.3 Å². The van der Waals surface area contributed by atoms with Crippen molar-refractivity contribution in [1.82, 2.24) is 14.1 Å². The number of nitrogens with zero attached hydrogens (tertiary/aromatic N) is 5. The Morgan fingerprint density at radius 3 is 1.89 bits per heavy atom. The third-order valence-electron chi connectivity index (χ3n) is 9.58. The highest BCUT2D eigenvalue weighted by molar-refractivity contribution is 6.18. The molecular weight excluding hydrogens is 550 g/mol. The third-order valence-corrected chi connectivity index (χ3v) is 9.58. The summed E-state index contributed by atoms with van der Waals surface area (Å²) in [5.41, 5.74) is 10.2. The van der Waals surface area contributed by atoms with Crippen LogP contribution in [0.4, 0.5) is 0 Å². The van der Waals surface area contributed by atoms with Gasteiger partial charge in [0.25, 0.3) is 0 Å². The van der Waals surface area contributed by atoms with Crippen molar-refractivity contribution >= 4 is 43.6 Å². The van der Waals surface area contributed by atoms with E-state index >= 15 is 0 Å². The fourth-order valence-corrected chi connectivity index (χ4v) is 7.57. The van der Waals surface area contributed by atoms with Gasteiger partial charge in [0.1, 0.15) is 11.6 Å². The second-order valence-corrected chi connectivity index (χ2v) is 12.3. The zero-order chi connectivity index (χ0) is 30.4. The molecule has 45 heavy (non-hydrogen) atoms. The van der Waals surface area contributed by atoms with Crippen LogP contribution in [0.3, 0.4) is 0 Å². The Labute approximate surface area is 259 Å². The molecule has 210 valence electrons. The predicted molar refractivity (Wildman–Crippen MR) is 180 cm³/mol. The molecule has 0 unspecified atom stereocenters. The van der Waals surface area contributed by atoms with Crippen molar-refractivity contribution in [2.24, 2.45) is 0 Å².